The van der Waals surface area contributed by atoms with Crippen LogP contribution in [0.5, 0.6) is 0 Å². The van der Waals surface area contributed by atoms with Crippen LogP contribution in [0.4, 0.5) is 5.82 Å². The van der Waals surface area contributed by atoms with Gasteiger partial charge in [-0.15, -0.1) is 0 Å². The average molecular weight is 746 g/mol. The lowest BCUT2D eigenvalue weighted by atomic mass is 10.1. The van der Waals surface area contributed by atoms with Gasteiger partial charge in [0.2, 0.25) is 5.91 Å². The van der Waals surface area contributed by atoms with Crippen LogP contribution in [0.1, 0.15) is 82.4 Å². The molecule has 2 aliphatic heterocycles. The van der Waals surface area contributed by atoms with Crippen LogP contribution in [0.25, 0.3) is 0 Å². The Bertz CT molecular complexity index is 1320. The third-order valence-electron chi connectivity index (χ3n) is 8.58. The number of nitrogens with one attached hydrogen (secondary N) is 1. The first-order valence-electron chi connectivity index (χ1n) is 17.1. The number of anilines is 1. The first-order chi connectivity index (χ1) is 23.4. The molecule has 18 heteroatoms. The molecule has 0 spiro atoms. The van der Waals surface area contributed by atoms with Crippen molar-refractivity contribution in [3.8, 4) is 0 Å². The second kappa shape index (κ2) is 18.3. The number of carbonyl (C=O) groups is 3. The van der Waals surface area contributed by atoms with Gasteiger partial charge in [-0.3, -0.25) is 19.0 Å². The number of hydrogen-bond donors (Lipinski definition) is 1. The van der Waals surface area contributed by atoms with Gasteiger partial charge >= 0.3 is 34.8 Å². The lowest BCUT2D eigenvalue weighted by Gasteiger charge is -2.51. The maximum absolute atomic E-state index is 13.5. The van der Waals surface area contributed by atoms with Crippen LogP contribution in [-0.2, 0) is 55.8 Å². The molecule has 0 unspecified atom stereocenters. The molecule has 4 atom stereocenters. The molecule has 0 aromatic carbocycles. The fraction of sp³-hybridized carbons (Fsp3) is 0.781. The van der Waals surface area contributed by atoms with Gasteiger partial charge in [0.25, 0.3) is 6.48 Å². The van der Waals surface area contributed by atoms with E-state index >= 15 is 0 Å². The first-order valence-corrected chi connectivity index (χ1v) is 21.1. The van der Waals surface area contributed by atoms with Gasteiger partial charge < -0.3 is 46.7 Å². The highest BCUT2D eigenvalue weighted by molar-refractivity contribution is 6.84. The van der Waals surface area contributed by atoms with E-state index in [2.05, 4.69) is 65.7 Å². The summed E-state index contributed by atoms with van der Waals surface area (Å²) in [6.45, 7) is 19.0. The van der Waals surface area contributed by atoms with E-state index < -0.39 is 65.8 Å². The van der Waals surface area contributed by atoms with E-state index in [9.17, 15) is 19.2 Å². The highest BCUT2D eigenvalue weighted by Crippen LogP contribution is 2.48. The fourth-order valence-corrected chi connectivity index (χ4v) is 17.5. The Labute approximate surface area is 296 Å². The molecule has 0 radical (unpaired) electrons. The molecular formula is C32H55N3O13Si2. The maximum Gasteiger partial charge on any atom is 0.351 e. The first kappa shape index (κ1) is 41.9. The number of ether oxygens (including phenoxy) is 6. The van der Waals surface area contributed by atoms with Crippen LogP contribution in [0.3, 0.4) is 0 Å². The predicted molar refractivity (Wildman–Crippen MR) is 184 cm³/mol. The van der Waals surface area contributed by atoms with Crippen LogP contribution >= 0.6 is 0 Å². The molecule has 0 saturated carbocycles. The van der Waals surface area contributed by atoms with Gasteiger partial charge in [0.15, 0.2) is 6.23 Å². The van der Waals surface area contributed by atoms with E-state index in [4.69, 9.17) is 41.4 Å². The molecule has 0 bridgehead atoms. The maximum atomic E-state index is 13.5. The quantitative estimate of drug-likeness (QED) is 0.111. The van der Waals surface area contributed by atoms with Gasteiger partial charge in [0.05, 0.1) is 19.8 Å². The highest BCUT2D eigenvalue weighted by Gasteiger charge is 2.62. The van der Waals surface area contributed by atoms with Crippen molar-refractivity contribution in [3.63, 3.8) is 0 Å². The van der Waals surface area contributed by atoms with Gasteiger partial charge in [-0.1, -0.05) is 55.4 Å². The van der Waals surface area contributed by atoms with Crippen molar-refractivity contribution in [1.82, 2.24) is 9.55 Å². The van der Waals surface area contributed by atoms with Gasteiger partial charge in [-0.25, -0.2) is 4.79 Å². The summed E-state index contributed by atoms with van der Waals surface area (Å²) in [6, 6.07) is 1.48. The highest BCUT2D eigenvalue weighted by atomic mass is 28.5. The molecule has 16 nitrogen and oxygen atoms in total. The number of hydrogen-bond acceptors (Lipinski definition) is 14. The summed E-state index contributed by atoms with van der Waals surface area (Å²) in [5.41, 5.74) is -0.583. The van der Waals surface area contributed by atoms with Crippen LogP contribution in [0.2, 0.25) is 22.2 Å². The van der Waals surface area contributed by atoms with Crippen molar-refractivity contribution >= 4 is 40.8 Å². The smallest absolute Gasteiger partial charge is 0.351 e. The molecule has 2 fully saturated rings. The Hall–Kier alpha value is -2.56. The number of esters is 2. The minimum absolute atomic E-state index is 0.0222. The summed E-state index contributed by atoms with van der Waals surface area (Å²) >= 11 is 0. The zero-order valence-electron chi connectivity index (χ0n) is 31.1. The lowest BCUT2D eigenvalue weighted by Crippen LogP contribution is -2.66. The predicted octanol–water partition coefficient (Wildman–Crippen LogP) is 3.88. The molecule has 284 valence electrons. The van der Waals surface area contributed by atoms with Gasteiger partial charge in [0.1, 0.15) is 37.3 Å². The Kier molecular flexibility index (Phi) is 15.3. The summed E-state index contributed by atoms with van der Waals surface area (Å²) in [5.74, 6) is -1.29. The second-order valence-corrected chi connectivity index (χ2v) is 22.5. The second-order valence-electron chi connectivity index (χ2n) is 13.6. The van der Waals surface area contributed by atoms with Gasteiger partial charge in [-0.2, -0.15) is 4.98 Å². The van der Waals surface area contributed by atoms with Crippen molar-refractivity contribution in [2.45, 2.75) is 129 Å². The van der Waals surface area contributed by atoms with Crippen LogP contribution in [-0.4, -0.2) is 102 Å². The van der Waals surface area contributed by atoms with E-state index in [0.717, 1.165) is 0 Å². The zero-order valence-corrected chi connectivity index (χ0v) is 33.1. The SMILES string of the molecule is CC(=O)Nc1ccn([C@@H]2O[C@@H]3CO[Si](C(C)C)(C(C)C)O[Si](C(C)C)(C(C)C)O[C@H]3[C@H]2OC(OCCOC(C)=O)OCCOC(C)=O)c(=O)n1. The van der Waals surface area contributed by atoms with Crippen molar-refractivity contribution in [2.24, 2.45) is 0 Å². The number of fused-ring (bicyclic) bond motifs is 1. The summed E-state index contributed by atoms with van der Waals surface area (Å²) in [5, 5.41) is 2.51. The molecule has 50 heavy (non-hydrogen) atoms. The number of aromatic nitrogens is 2. The van der Waals surface area contributed by atoms with Crippen LogP contribution in [0.15, 0.2) is 17.1 Å². The molecule has 3 heterocycles. The Morgan fingerprint density at radius 2 is 1.42 bits per heavy atom. The van der Waals surface area contributed by atoms with Crippen molar-refractivity contribution in [2.75, 3.05) is 38.4 Å². The molecular weight excluding hydrogens is 691 g/mol. The monoisotopic (exact) mass is 745 g/mol. The molecule has 1 aromatic rings. The molecule has 1 aromatic heterocycles. The Balaban J connectivity index is 2.13. The molecule has 2 aliphatic rings. The van der Waals surface area contributed by atoms with E-state index in [1.54, 1.807) is 0 Å². The number of rotatable bonds is 16. The van der Waals surface area contributed by atoms with E-state index in [1.807, 2.05) is 0 Å². The van der Waals surface area contributed by atoms with Crippen LogP contribution < -0.4 is 11.0 Å². The molecule has 3 rings (SSSR count). The lowest BCUT2D eigenvalue weighted by molar-refractivity contribution is -0.320. The van der Waals surface area contributed by atoms with Gasteiger partial charge in [-0.05, 0) is 28.2 Å². The zero-order chi connectivity index (χ0) is 37.4. The third-order valence-corrected chi connectivity index (χ3v) is 18.8. The third kappa shape index (κ3) is 10.3. The largest absolute Gasteiger partial charge is 0.463 e. The summed E-state index contributed by atoms with van der Waals surface area (Å²) in [4.78, 5) is 51.9. The van der Waals surface area contributed by atoms with Crippen molar-refractivity contribution < 1.29 is 55.8 Å². The van der Waals surface area contributed by atoms with Crippen molar-refractivity contribution in [3.05, 3.63) is 22.7 Å². The Morgan fingerprint density at radius 1 is 0.880 bits per heavy atom. The normalized spacial score (nSPS) is 23.2. The summed E-state index contributed by atoms with van der Waals surface area (Å²) < 4.78 is 57.6. The molecule has 1 N–H and O–H groups in total. The van der Waals surface area contributed by atoms with E-state index in [1.165, 1.54) is 37.6 Å². The topological polar surface area (TPSA) is 181 Å². The van der Waals surface area contributed by atoms with Crippen molar-refractivity contribution in [1.29, 1.82) is 0 Å². The number of carbonyl (C=O) groups excluding carboxylic acids is 3. The Morgan fingerprint density at radius 3 is 1.88 bits per heavy atom. The summed E-state index contributed by atoms with van der Waals surface area (Å²) in [7, 11) is -6.12. The summed E-state index contributed by atoms with van der Waals surface area (Å²) in [6.07, 6.45) is -2.27. The fourth-order valence-electron chi connectivity index (χ4n) is 6.26. The minimum Gasteiger partial charge on any atom is -0.463 e. The standard InChI is InChI=1S/C32H55N3O13Si2/c1-19(2)49(20(3)4)44-18-26-28(47-50(48-49,21(5)6)22(7)8)29(30(45-26)35-13-12-27(33-23(9)36)34-31(35)39)46-32(42-16-14-40-24(10)37)43-17-15-41-25(11)38/h12-13,19-22,26,28-30,32H,14-18H2,1-11H3,(H,33,34,36,39)/t26-,28-,29-,30-/m1/s1. The molecule has 1 amide bonds. The van der Waals surface area contributed by atoms with Crippen LogP contribution in [0, 0.1) is 0 Å². The minimum atomic E-state index is -3.19. The van der Waals surface area contributed by atoms with E-state index in [0.29, 0.717) is 0 Å². The number of nitrogens with zero attached hydrogens (tertiary/aromatic N) is 2. The average Bonchev–Trinajstić information content (AvgIpc) is 3.31. The molecule has 0 aliphatic carbocycles. The molecule has 2 saturated heterocycles. The van der Waals surface area contributed by atoms with Gasteiger partial charge in [0, 0.05) is 27.0 Å². The number of amides is 1. The van der Waals surface area contributed by atoms with E-state index in [-0.39, 0.29) is 66.9 Å².